The number of aromatic amines is 1. The van der Waals surface area contributed by atoms with Gasteiger partial charge in [-0.2, -0.15) is 0 Å². The molecule has 0 radical (unpaired) electrons. The first-order valence-corrected chi connectivity index (χ1v) is 5.67. The number of carbonyl (C=O) groups is 1. The van der Waals surface area contributed by atoms with Crippen molar-refractivity contribution in [3.8, 4) is 5.75 Å². The van der Waals surface area contributed by atoms with E-state index in [0.717, 1.165) is 0 Å². The summed E-state index contributed by atoms with van der Waals surface area (Å²) in [5, 5.41) is 9.74. The topological polar surface area (TPSA) is 84.3 Å². The summed E-state index contributed by atoms with van der Waals surface area (Å²) in [6, 6.07) is 6.76. The second kappa shape index (κ2) is 5.01. The lowest BCUT2D eigenvalue weighted by Gasteiger charge is -2.06. The molecule has 2 aromatic rings. The lowest BCUT2D eigenvalue weighted by Crippen LogP contribution is -2.14. The van der Waals surface area contributed by atoms with E-state index in [-0.39, 0.29) is 17.9 Å². The number of hydrogen-bond acceptors (Lipinski definition) is 4. The minimum absolute atomic E-state index is 0.109. The number of carbonyl (C=O) groups excluding carboxylic acids is 1. The molecule has 0 amide bonds. The zero-order valence-electron chi connectivity index (χ0n) is 10.6. The molecular formula is C13H14N2O4. The van der Waals surface area contributed by atoms with Crippen LogP contribution in [0.15, 0.2) is 29.1 Å². The smallest absolute Gasteiger partial charge is 0.356 e. The number of rotatable bonds is 3. The summed E-state index contributed by atoms with van der Waals surface area (Å²) in [7, 11) is 2.80. The van der Waals surface area contributed by atoms with Crippen LogP contribution in [0.2, 0.25) is 0 Å². The molecule has 2 N–H and O–H groups in total. The second-order valence-corrected chi connectivity index (χ2v) is 4.11. The molecular weight excluding hydrogens is 248 g/mol. The van der Waals surface area contributed by atoms with E-state index in [9.17, 15) is 14.7 Å². The standard InChI is InChI=1S/C13H14N2O4/c1-15-9(7-8-5-3-4-6-10(8)16)11(12(17)19-2)14-13(15)18/h3-6,16H,7H2,1-2H3,(H,14,18). The van der Waals surface area contributed by atoms with E-state index < -0.39 is 11.7 Å². The molecule has 19 heavy (non-hydrogen) atoms. The van der Waals surface area contributed by atoms with Crippen LogP contribution in [0.1, 0.15) is 21.7 Å². The number of ether oxygens (including phenoxy) is 1. The monoisotopic (exact) mass is 262 g/mol. The van der Waals surface area contributed by atoms with E-state index in [2.05, 4.69) is 9.72 Å². The fourth-order valence-electron chi connectivity index (χ4n) is 1.87. The Morgan fingerprint density at radius 3 is 2.74 bits per heavy atom. The molecule has 6 heteroatoms. The predicted octanol–water partition coefficient (Wildman–Crippen LogP) is 0.796. The normalized spacial score (nSPS) is 10.4. The zero-order chi connectivity index (χ0) is 14.0. The number of hydrogen-bond donors (Lipinski definition) is 2. The number of imidazole rings is 1. The largest absolute Gasteiger partial charge is 0.508 e. The van der Waals surface area contributed by atoms with Crippen LogP contribution in [0, 0.1) is 0 Å². The molecule has 0 saturated carbocycles. The lowest BCUT2D eigenvalue weighted by molar-refractivity contribution is 0.0593. The van der Waals surface area contributed by atoms with Gasteiger partial charge in [-0.05, 0) is 11.6 Å². The molecule has 6 nitrogen and oxygen atoms in total. The Morgan fingerprint density at radius 2 is 2.11 bits per heavy atom. The SMILES string of the molecule is COC(=O)c1[nH]c(=O)n(C)c1Cc1ccccc1O. The third-order valence-corrected chi connectivity index (χ3v) is 2.97. The third kappa shape index (κ3) is 2.37. The molecule has 0 aliphatic carbocycles. The first-order valence-electron chi connectivity index (χ1n) is 5.67. The fourth-order valence-corrected chi connectivity index (χ4v) is 1.87. The van der Waals surface area contributed by atoms with Crippen molar-refractivity contribution >= 4 is 5.97 Å². The van der Waals surface area contributed by atoms with Gasteiger partial charge in [0, 0.05) is 13.5 Å². The molecule has 100 valence electrons. The van der Waals surface area contributed by atoms with Gasteiger partial charge in [-0.25, -0.2) is 9.59 Å². The predicted molar refractivity (Wildman–Crippen MR) is 68.3 cm³/mol. The van der Waals surface area contributed by atoms with Crippen molar-refractivity contribution in [3.05, 3.63) is 51.7 Å². The molecule has 1 aromatic heterocycles. The summed E-state index contributed by atoms with van der Waals surface area (Å²) in [5.41, 5.74) is 0.810. The summed E-state index contributed by atoms with van der Waals surface area (Å²) < 4.78 is 5.96. The number of nitrogens with one attached hydrogen (secondary N) is 1. The Hall–Kier alpha value is -2.50. The van der Waals surface area contributed by atoms with E-state index in [1.807, 2.05) is 0 Å². The Labute approximate surface area is 109 Å². The number of aromatic nitrogens is 2. The summed E-state index contributed by atoms with van der Waals surface area (Å²) >= 11 is 0. The summed E-state index contributed by atoms with van der Waals surface area (Å²) in [4.78, 5) is 25.7. The molecule has 1 heterocycles. The van der Waals surface area contributed by atoms with Crippen LogP contribution in [0.4, 0.5) is 0 Å². The van der Waals surface area contributed by atoms with E-state index >= 15 is 0 Å². The number of H-pyrrole nitrogens is 1. The molecule has 0 atom stereocenters. The molecule has 2 rings (SSSR count). The van der Waals surface area contributed by atoms with Crippen LogP contribution >= 0.6 is 0 Å². The molecule has 0 fully saturated rings. The quantitative estimate of drug-likeness (QED) is 0.801. The van der Waals surface area contributed by atoms with E-state index in [4.69, 9.17) is 0 Å². The van der Waals surface area contributed by atoms with E-state index in [0.29, 0.717) is 11.3 Å². The number of esters is 1. The van der Waals surface area contributed by atoms with Crippen molar-refractivity contribution in [1.82, 2.24) is 9.55 Å². The van der Waals surface area contributed by atoms with Gasteiger partial charge in [0.15, 0.2) is 0 Å². The highest BCUT2D eigenvalue weighted by molar-refractivity contribution is 5.88. The van der Waals surface area contributed by atoms with Gasteiger partial charge in [0.1, 0.15) is 11.4 Å². The van der Waals surface area contributed by atoms with Crippen molar-refractivity contribution in [3.63, 3.8) is 0 Å². The van der Waals surface area contributed by atoms with Crippen LogP contribution in [-0.2, 0) is 18.2 Å². The van der Waals surface area contributed by atoms with Crippen LogP contribution < -0.4 is 5.69 Å². The van der Waals surface area contributed by atoms with Gasteiger partial charge >= 0.3 is 11.7 Å². The molecule has 0 saturated heterocycles. The number of para-hydroxylation sites is 1. The molecule has 0 unspecified atom stereocenters. The summed E-state index contributed by atoms with van der Waals surface area (Å²) in [6.45, 7) is 0. The minimum Gasteiger partial charge on any atom is -0.508 e. The zero-order valence-corrected chi connectivity index (χ0v) is 10.6. The highest BCUT2D eigenvalue weighted by Gasteiger charge is 2.19. The maximum Gasteiger partial charge on any atom is 0.356 e. The Balaban J connectivity index is 2.48. The number of benzene rings is 1. The van der Waals surface area contributed by atoms with Gasteiger partial charge < -0.3 is 9.84 Å². The van der Waals surface area contributed by atoms with Crippen molar-refractivity contribution in [2.45, 2.75) is 6.42 Å². The minimum atomic E-state index is -0.608. The number of phenols is 1. The highest BCUT2D eigenvalue weighted by atomic mass is 16.5. The fraction of sp³-hybridized carbons (Fsp3) is 0.231. The maximum atomic E-state index is 11.6. The second-order valence-electron chi connectivity index (χ2n) is 4.11. The molecule has 0 aliphatic rings. The maximum absolute atomic E-state index is 11.6. The average Bonchev–Trinajstić information content (AvgIpc) is 2.68. The molecule has 0 aliphatic heterocycles. The average molecular weight is 262 g/mol. The van der Waals surface area contributed by atoms with Crippen LogP contribution in [-0.4, -0.2) is 27.7 Å². The number of methoxy groups -OCH3 is 1. The third-order valence-electron chi connectivity index (χ3n) is 2.97. The van der Waals surface area contributed by atoms with Crippen molar-refractivity contribution in [2.24, 2.45) is 7.05 Å². The highest BCUT2D eigenvalue weighted by Crippen LogP contribution is 2.20. The van der Waals surface area contributed by atoms with Gasteiger partial charge in [-0.15, -0.1) is 0 Å². The van der Waals surface area contributed by atoms with Crippen molar-refractivity contribution in [1.29, 1.82) is 0 Å². The van der Waals surface area contributed by atoms with Crippen molar-refractivity contribution < 1.29 is 14.6 Å². The van der Waals surface area contributed by atoms with Gasteiger partial charge in [-0.3, -0.25) is 9.55 Å². The molecule has 1 aromatic carbocycles. The molecule has 0 bridgehead atoms. The number of phenolic OH excluding ortho intramolecular Hbond substituents is 1. The van der Waals surface area contributed by atoms with Gasteiger partial charge in [0.25, 0.3) is 0 Å². The number of nitrogens with zero attached hydrogens (tertiary/aromatic N) is 1. The van der Waals surface area contributed by atoms with E-state index in [1.165, 1.54) is 11.7 Å². The Kier molecular flexibility index (Phi) is 3.41. The van der Waals surface area contributed by atoms with Crippen molar-refractivity contribution in [2.75, 3.05) is 7.11 Å². The van der Waals surface area contributed by atoms with Crippen LogP contribution in [0.25, 0.3) is 0 Å². The number of aromatic hydroxyl groups is 1. The first-order chi connectivity index (χ1) is 9.04. The molecule has 0 spiro atoms. The summed E-state index contributed by atoms with van der Waals surface area (Å²) in [5.74, 6) is -0.491. The summed E-state index contributed by atoms with van der Waals surface area (Å²) in [6.07, 6.45) is 0.256. The van der Waals surface area contributed by atoms with Gasteiger partial charge in [0.2, 0.25) is 0 Å². The van der Waals surface area contributed by atoms with Crippen LogP contribution in [0.3, 0.4) is 0 Å². The Bertz CT molecular complexity index is 670. The van der Waals surface area contributed by atoms with E-state index in [1.54, 1.807) is 31.3 Å². The Morgan fingerprint density at radius 1 is 1.42 bits per heavy atom. The van der Waals surface area contributed by atoms with Gasteiger partial charge in [0.05, 0.1) is 12.8 Å². The van der Waals surface area contributed by atoms with Gasteiger partial charge in [-0.1, -0.05) is 18.2 Å². The van der Waals surface area contributed by atoms with Crippen LogP contribution in [0.5, 0.6) is 5.75 Å². The first kappa shape index (κ1) is 12.9. The lowest BCUT2D eigenvalue weighted by atomic mass is 10.1.